The third-order valence-corrected chi connectivity index (χ3v) is 4.24. The Bertz CT molecular complexity index is 841. The van der Waals surface area contributed by atoms with E-state index in [2.05, 4.69) is 15.6 Å². The summed E-state index contributed by atoms with van der Waals surface area (Å²) in [5.74, 6) is 1.52. The summed E-state index contributed by atoms with van der Waals surface area (Å²) in [7, 11) is 3.16. The Balaban J connectivity index is 0.00000261. The molecule has 0 saturated heterocycles. The number of para-hydroxylation sites is 1. The molecule has 1 atom stereocenters. The molecule has 1 aliphatic heterocycles. The minimum Gasteiger partial charge on any atom is -0.493 e. The predicted octanol–water partition coefficient (Wildman–Crippen LogP) is 3.17. The van der Waals surface area contributed by atoms with E-state index in [-0.39, 0.29) is 41.8 Å². The van der Waals surface area contributed by atoms with Gasteiger partial charge in [-0.1, -0.05) is 18.2 Å². The first kappa shape index (κ1) is 20.8. The van der Waals surface area contributed by atoms with Gasteiger partial charge in [-0.25, -0.2) is 0 Å². The SMILES string of the molecule is COc1ccc(NC(N)=NCC2CC(=O)Nc3ccccc32)cc1OC.I. The summed E-state index contributed by atoms with van der Waals surface area (Å²) in [5.41, 5.74) is 8.67. The van der Waals surface area contributed by atoms with Crippen LogP contribution in [-0.4, -0.2) is 32.6 Å². The summed E-state index contributed by atoms with van der Waals surface area (Å²) in [6.07, 6.45) is 0.393. The van der Waals surface area contributed by atoms with Crippen molar-refractivity contribution in [3.8, 4) is 11.5 Å². The Morgan fingerprint density at radius 3 is 2.70 bits per heavy atom. The third kappa shape index (κ3) is 5.03. The molecular formula is C19H23IN4O3. The summed E-state index contributed by atoms with van der Waals surface area (Å²) in [6, 6.07) is 13.2. The number of aliphatic imine (C=N–C) groups is 1. The summed E-state index contributed by atoms with van der Waals surface area (Å²) < 4.78 is 10.5. The van der Waals surface area contributed by atoms with Gasteiger partial charge in [-0.2, -0.15) is 0 Å². The molecule has 27 heavy (non-hydrogen) atoms. The molecule has 0 saturated carbocycles. The Kier molecular flexibility index (Phi) is 7.28. The van der Waals surface area contributed by atoms with E-state index in [4.69, 9.17) is 15.2 Å². The van der Waals surface area contributed by atoms with Gasteiger partial charge in [0.1, 0.15) is 0 Å². The number of halogens is 1. The molecule has 0 aromatic heterocycles. The molecule has 1 aliphatic rings. The van der Waals surface area contributed by atoms with Crippen molar-refractivity contribution in [3.05, 3.63) is 48.0 Å². The van der Waals surface area contributed by atoms with Gasteiger partial charge in [0.15, 0.2) is 17.5 Å². The van der Waals surface area contributed by atoms with Crippen molar-refractivity contribution in [1.82, 2.24) is 0 Å². The predicted molar refractivity (Wildman–Crippen MR) is 118 cm³/mol. The number of guanidine groups is 1. The van der Waals surface area contributed by atoms with Crippen LogP contribution in [0, 0.1) is 0 Å². The molecule has 8 heteroatoms. The summed E-state index contributed by atoms with van der Waals surface area (Å²) in [5, 5.41) is 5.92. The second kappa shape index (κ2) is 9.45. The number of nitrogens with one attached hydrogen (secondary N) is 2. The van der Waals surface area contributed by atoms with Crippen molar-refractivity contribution in [2.45, 2.75) is 12.3 Å². The number of fused-ring (bicyclic) bond motifs is 1. The Morgan fingerprint density at radius 1 is 1.22 bits per heavy atom. The highest BCUT2D eigenvalue weighted by molar-refractivity contribution is 14.0. The Morgan fingerprint density at radius 2 is 1.96 bits per heavy atom. The zero-order chi connectivity index (χ0) is 18.5. The lowest BCUT2D eigenvalue weighted by Crippen LogP contribution is -2.27. The molecule has 2 aromatic carbocycles. The number of rotatable bonds is 5. The molecule has 0 fully saturated rings. The van der Waals surface area contributed by atoms with Crippen LogP contribution in [0.25, 0.3) is 0 Å². The van der Waals surface area contributed by atoms with E-state index < -0.39 is 0 Å². The van der Waals surface area contributed by atoms with E-state index in [0.29, 0.717) is 24.5 Å². The highest BCUT2D eigenvalue weighted by Gasteiger charge is 2.24. The summed E-state index contributed by atoms with van der Waals surface area (Å²) in [6.45, 7) is 0.427. The number of nitrogens with two attached hydrogens (primary N) is 1. The average Bonchev–Trinajstić information content (AvgIpc) is 2.65. The van der Waals surface area contributed by atoms with Crippen molar-refractivity contribution < 1.29 is 14.3 Å². The van der Waals surface area contributed by atoms with Gasteiger partial charge in [0, 0.05) is 29.8 Å². The molecule has 7 nitrogen and oxygen atoms in total. The second-order valence-electron chi connectivity index (χ2n) is 5.96. The van der Waals surface area contributed by atoms with Crippen molar-refractivity contribution >= 4 is 47.2 Å². The Labute approximate surface area is 175 Å². The van der Waals surface area contributed by atoms with Crippen molar-refractivity contribution in [1.29, 1.82) is 0 Å². The van der Waals surface area contributed by atoms with Crippen LogP contribution in [0.1, 0.15) is 17.9 Å². The standard InChI is InChI=1S/C19H22N4O3.HI/c1-25-16-8-7-13(10-17(16)26-2)22-19(20)21-11-12-9-18(24)23-15-6-4-3-5-14(12)15;/h3-8,10,12H,9,11H2,1-2H3,(H,23,24)(H3,20,21,22);1H. The number of nitrogens with zero attached hydrogens (tertiary/aromatic N) is 1. The monoisotopic (exact) mass is 482 g/mol. The molecule has 2 aromatic rings. The van der Waals surface area contributed by atoms with Gasteiger partial charge in [-0.05, 0) is 23.8 Å². The van der Waals surface area contributed by atoms with Crippen LogP contribution in [-0.2, 0) is 4.79 Å². The lowest BCUT2D eigenvalue weighted by atomic mass is 9.91. The van der Waals surface area contributed by atoms with Crippen LogP contribution in [0.5, 0.6) is 11.5 Å². The van der Waals surface area contributed by atoms with Gasteiger partial charge < -0.3 is 25.8 Å². The van der Waals surface area contributed by atoms with Gasteiger partial charge >= 0.3 is 0 Å². The molecule has 0 spiro atoms. The van der Waals surface area contributed by atoms with Crippen LogP contribution in [0.3, 0.4) is 0 Å². The minimum atomic E-state index is -0.00433. The molecule has 144 valence electrons. The number of anilines is 2. The van der Waals surface area contributed by atoms with Gasteiger partial charge in [0.05, 0.1) is 20.8 Å². The van der Waals surface area contributed by atoms with E-state index in [1.165, 1.54) is 0 Å². The highest BCUT2D eigenvalue weighted by atomic mass is 127. The van der Waals surface area contributed by atoms with E-state index in [0.717, 1.165) is 16.9 Å². The lowest BCUT2D eigenvalue weighted by molar-refractivity contribution is -0.116. The number of hydrogen-bond acceptors (Lipinski definition) is 4. The number of benzene rings is 2. The molecule has 3 rings (SSSR count). The van der Waals surface area contributed by atoms with E-state index in [1.54, 1.807) is 26.4 Å². The van der Waals surface area contributed by atoms with Crippen LogP contribution in [0.2, 0.25) is 0 Å². The fourth-order valence-electron chi connectivity index (χ4n) is 2.97. The minimum absolute atomic E-state index is 0. The van der Waals surface area contributed by atoms with E-state index in [9.17, 15) is 4.79 Å². The zero-order valence-electron chi connectivity index (χ0n) is 15.2. The molecule has 0 bridgehead atoms. The smallest absolute Gasteiger partial charge is 0.225 e. The number of carbonyl (C=O) groups excluding carboxylic acids is 1. The topological polar surface area (TPSA) is 98.0 Å². The van der Waals surface area contributed by atoms with Crippen LogP contribution < -0.4 is 25.8 Å². The largest absolute Gasteiger partial charge is 0.493 e. The highest BCUT2D eigenvalue weighted by Crippen LogP contribution is 2.32. The van der Waals surface area contributed by atoms with Gasteiger partial charge in [0.25, 0.3) is 0 Å². The quantitative estimate of drug-likeness (QED) is 0.346. The molecule has 1 unspecified atom stereocenters. The summed E-state index contributed by atoms with van der Waals surface area (Å²) in [4.78, 5) is 16.3. The first-order chi connectivity index (χ1) is 12.6. The summed E-state index contributed by atoms with van der Waals surface area (Å²) >= 11 is 0. The van der Waals surface area contributed by atoms with Gasteiger partial charge in [-0.3, -0.25) is 9.79 Å². The second-order valence-corrected chi connectivity index (χ2v) is 5.96. The Hall–Kier alpha value is -2.49. The molecule has 0 aliphatic carbocycles. The van der Waals surface area contributed by atoms with Crippen LogP contribution in [0.15, 0.2) is 47.5 Å². The maximum absolute atomic E-state index is 11.9. The van der Waals surface area contributed by atoms with Crippen molar-refractivity contribution in [2.24, 2.45) is 10.7 Å². The third-order valence-electron chi connectivity index (χ3n) is 4.24. The van der Waals surface area contributed by atoms with Crippen LogP contribution >= 0.6 is 24.0 Å². The van der Waals surface area contributed by atoms with E-state index >= 15 is 0 Å². The van der Waals surface area contributed by atoms with Crippen molar-refractivity contribution in [2.75, 3.05) is 31.4 Å². The zero-order valence-corrected chi connectivity index (χ0v) is 17.5. The fraction of sp³-hybridized carbons (Fsp3) is 0.263. The van der Waals surface area contributed by atoms with Gasteiger partial charge in [-0.15, -0.1) is 24.0 Å². The lowest BCUT2D eigenvalue weighted by Gasteiger charge is -2.24. The van der Waals surface area contributed by atoms with E-state index in [1.807, 2.05) is 30.3 Å². The number of methoxy groups -OCH3 is 2. The maximum Gasteiger partial charge on any atom is 0.225 e. The maximum atomic E-state index is 11.9. The van der Waals surface area contributed by atoms with Crippen molar-refractivity contribution in [3.63, 3.8) is 0 Å². The first-order valence-electron chi connectivity index (χ1n) is 8.28. The van der Waals surface area contributed by atoms with Gasteiger partial charge in [0.2, 0.25) is 5.91 Å². The average molecular weight is 482 g/mol. The number of ether oxygens (including phenoxy) is 2. The number of carbonyl (C=O) groups is 1. The first-order valence-corrected chi connectivity index (χ1v) is 8.28. The molecule has 0 radical (unpaired) electrons. The normalized spacial score (nSPS) is 15.9. The fourth-order valence-corrected chi connectivity index (χ4v) is 2.97. The molecule has 4 N–H and O–H groups in total. The van der Waals surface area contributed by atoms with Crippen LogP contribution in [0.4, 0.5) is 11.4 Å². The molecule has 1 heterocycles. The molecule has 1 amide bonds. The number of hydrogen-bond donors (Lipinski definition) is 3. The molecular weight excluding hydrogens is 459 g/mol. The number of amides is 1.